The molecule has 0 saturated heterocycles. The Kier molecular flexibility index (Phi) is 5.41. The molecule has 29 heavy (non-hydrogen) atoms. The van der Waals surface area contributed by atoms with Gasteiger partial charge in [0.25, 0.3) is 5.91 Å². The molecule has 1 amide bonds. The summed E-state index contributed by atoms with van der Waals surface area (Å²) in [6.45, 7) is 2.03. The Morgan fingerprint density at radius 3 is 2.90 bits per heavy atom. The summed E-state index contributed by atoms with van der Waals surface area (Å²) in [7, 11) is 0. The quantitative estimate of drug-likeness (QED) is 0.551. The number of carbonyl (C=O) groups is 1. The van der Waals surface area contributed by atoms with E-state index >= 15 is 0 Å². The van der Waals surface area contributed by atoms with Crippen LogP contribution in [0, 0.1) is 11.3 Å². The zero-order valence-electron chi connectivity index (χ0n) is 15.7. The van der Waals surface area contributed by atoms with Gasteiger partial charge in [-0.2, -0.15) is 5.26 Å². The molecule has 0 bridgehead atoms. The van der Waals surface area contributed by atoms with Gasteiger partial charge in [-0.05, 0) is 60.0 Å². The van der Waals surface area contributed by atoms with E-state index < -0.39 is 0 Å². The van der Waals surface area contributed by atoms with Crippen LogP contribution in [0.15, 0.2) is 39.2 Å². The van der Waals surface area contributed by atoms with Crippen LogP contribution in [-0.2, 0) is 4.79 Å². The Morgan fingerprint density at radius 1 is 1.34 bits per heavy atom. The van der Waals surface area contributed by atoms with Crippen molar-refractivity contribution >= 4 is 38.6 Å². The van der Waals surface area contributed by atoms with Crippen LogP contribution in [0.25, 0.3) is 11.1 Å². The van der Waals surface area contributed by atoms with Crippen molar-refractivity contribution in [1.29, 1.82) is 5.26 Å². The van der Waals surface area contributed by atoms with Gasteiger partial charge >= 0.3 is 0 Å². The average Bonchev–Trinajstić information content (AvgIpc) is 3.46. The molecular formula is C21H18BrN3O4. The highest BCUT2D eigenvalue weighted by molar-refractivity contribution is 9.10. The summed E-state index contributed by atoms with van der Waals surface area (Å²) in [6, 6.07) is 10.6. The van der Waals surface area contributed by atoms with Crippen LogP contribution in [0.4, 0.5) is 5.69 Å². The standard InChI is InChI=1S/C21H18BrN3O4/c1-2-27-18-8-12(10-23)7-15(22)20(18)28-11-19(26)24-14-5-6-17-16(9-14)25-21(29-17)13-3-4-13/h5-9,13H,2-4,11H2,1H3,(H,24,26). The van der Waals surface area contributed by atoms with Crippen LogP contribution in [0.2, 0.25) is 0 Å². The number of hydrogen-bond donors (Lipinski definition) is 1. The smallest absolute Gasteiger partial charge is 0.262 e. The summed E-state index contributed by atoms with van der Waals surface area (Å²) in [6.07, 6.45) is 2.23. The van der Waals surface area contributed by atoms with Crippen molar-refractivity contribution in [3.8, 4) is 17.6 Å². The maximum Gasteiger partial charge on any atom is 0.262 e. The van der Waals surface area contributed by atoms with Gasteiger partial charge in [0.05, 0.1) is 22.7 Å². The van der Waals surface area contributed by atoms with Crippen LogP contribution >= 0.6 is 15.9 Å². The molecule has 4 rings (SSSR count). The van der Waals surface area contributed by atoms with Crippen molar-refractivity contribution < 1.29 is 18.7 Å². The maximum absolute atomic E-state index is 12.4. The normalized spacial score (nSPS) is 13.1. The number of hydrogen-bond acceptors (Lipinski definition) is 6. The number of fused-ring (bicyclic) bond motifs is 1. The molecule has 8 heteroatoms. The number of oxazole rings is 1. The lowest BCUT2D eigenvalue weighted by Crippen LogP contribution is -2.20. The highest BCUT2D eigenvalue weighted by Gasteiger charge is 2.28. The first kappa shape index (κ1) is 19.3. The van der Waals surface area contributed by atoms with Gasteiger partial charge in [-0.3, -0.25) is 4.79 Å². The fourth-order valence-corrected chi connectivity index (χ4v) is 3.45. The number of halogens is 1. The average molecular weight is 456 g/mol. The van der Waals surface area contributed by atoms with E-state index in [4.69, 9.17) is 19.2 Å². The highest BCUT2D eigenvalue weighted by atomic mass is 79.9. The summed E-state index contributed by atoms with van der Waals surface area (Å²) in [5.41, 5.74) is 2.48. The zero-order valence-corrected chi connectivity index (χ0v) is 17.3. The zero-order chi connectivity index (χ0) is 20.4. The molecule has 0 spiro atoms. The van der Waals surface area contributed by atoms with Crippen molar-refractivity contribution in [3.05, 3.63) is 46.3 Å². The van der Waals surface area contributed by atoms with Crippen molar-refractivity contribution in [3.63, 3.8) is 0 Å². The number of ether oxygens (including phenoxy) is 2. The molecule has 7 nitrogen and oxygen atoms in total. The van der Waals surface area contributed by atoms with E-state index in [0.717, 1.165) is 24.2 Å². The van der Waals surface area contributed by atoms with Gasteiger partial charge in [-0.1, -0.05) is 0 Å². The molecule has 3 aromatic rings. The van der Waals surface area contributed by atoms with Crippen LogP contribution in [0.1, 0.15) is 37.1 Å². The SMILES string of the molecule is CCOc1cc(C#N)cc(Br)c1OCC(=O)Nc1ccc2oc(C3CC3)nc2c1. The Labute approximate surface area is 175 Å². The first-order chi connectivity index (χ1) is 14.1. The molecule has 0 unspecified atom stereocenters. The van der Waals surface area contributed by atoms with Gasteiger partial charge in [-0.15, -0.1) is 0 Å². The van der Waals surface area contributed by atoms with Gasteiger partial charge in [-0.25, -0.2) is 4.98 Å². The predicted molar refractivity (Wildman–Crippen MR) is 110 cm³/mol. The second-order valence-corrected chi connectivity index (χ2v) is 7.53. The molecule has 0 radical (unpaired) electrons. The number of nitrogens with zero attached hydrogens (tertiary/aromatic N) is 2. The van der Waals surface area contributed by atoms with Crippen LogP contribution < -0.4 is 14.8 Å². The minimum Gasteiger partial charge on any atom is -0.490 e. The molecule has 148 valence electrons. The minimum atomic E-state index is -0.325. The molecule has 1 saturated carbocycles. The van der Waals surface area contributed by atoms with E-state index in [1.54, 1.807) is 30.3 Å². The largest absolute Gasteiger partial charge is 0.490 e. The van der Waals surface area contributed by atoms with Gasteiger partial charge in [0, 0.05) is 17.7 Å². The molecule has 1 fully saturated rings. The molecule has 0 aliphatic heterocycles. The fraction of sp³-hybridized carbons (Fsp3) is 0.286. The van der Waals surface area contributed by atoms with Crippen LogP contribution in [0.5, 0.6) is 11.5 Å². The maximum atomic E-state index is 12.4. The highest BCUT2D eigenvalue weighted by Crippen LogP contribution is 2.41. The lowest BCUT2D eigenvalue weighted by molar-refractivity contribution is -0.118. The fourth-order valence-electron chi connectivity index (χ4n) is 2.90. The number of nitrogens with one attached hydrogen (secondary N) is 1. The summed E-state index contributed by atoms with van der Waals surface area (Å²) >= 11 is 3.37. The monoisotopic (exact) mass is 455 g/mol. The minimum absolute atomic E-state index is 0.214. The summed E-state index contributed by atoms with van der Waals surface area (Å²) in [5, 5.41) is 11.9. The molecule has 1 aliphatic rings. The molecule has 1 heterocycles. The van der Waals surface area contributed by atoms with E-state index in [1.165, 1.54) is 0 Å². The number of aromatic nitrogens is 1. The first-order valence-corrected chi connectivity index (χ1v) is 10.1. The van der Waals surface area contributed by atoms with Crippen molar-refractivity contribution in [1.82, 2.24) is 4.98 Å². The van der Waals surface area contributed by atoms with E-state index in [9.17, 15) is 4.79 Å². The van der Waals surface area contributed by atoms with Gasteiger partial charge < -0.3 is 19.2 Å². The third-order valence-electron chi connectivity index (χ3n) is 4.40. The van der Waals surface area contributed by atoms with E-state index in [0.29, 0.717) is 45.3 Å². The van der Waals surface area contributed by atoms with Crippen molar-refractivity contribution in [2.24, 2.45) is 0 Å². The molecule has 1 N–H and O–H groups in total. The van der Waals surface area contributed by atoms with E-state index in [2.05, 4.69) is 32.3 Å². The second-order valence-electron chi connectivity index (χ2n) is 6.68. The lowest BCUT2D eigenvalue weighted by atomic mass is 10.2. The third-order valence-corrected chi connectivity index (χ3v) is 4.99. The van der Waals surface area contributed by atoms with Crippen LogP contribution in [0.3, 0.4) is 0 Å². The third kappa shape index (κ3) is 4.35. The summed E-state index contributed by atoms with van der Waals surface area (Å²) < 4.78 is 17.5. The molecule has 2 aromatic carbocycles. The number of amides is 1. The van der Waals surface area contributed by atoms with Gasteiger partial charge in [0.15, 0.2) is 29.6 Å². The topological polar surface area (TPSA) is 97.4 Å². The molecule has 0 atom stereocenters. The second kappa shape index (κ2) is 8.13. The van der Waals surface area contributed by atoms with Crippen molar-refractivity contribution in [2.45, 2.75) is 25.7 Å². The van der Waals surface area contributed by atoms with Gasteiger partial charge in [0.1, 0.15) is 5.52 Å². The Morgan fingerprint density at radius 2 is 2.17 bits per heavy atom. The van der Waals surface area contributed by atoms with Gasteiger partial charge in [0.2, 0.25) is 0 Å². The Balaban J connectivity index is 1.44. The molecule has 1 aliphatic carbocycles. The number of carbonyl (C=O) groups excluding carboxylic acids is 1. The number of nitriles is 1. The van der Waals surface area contributed by atoms with Crippen molar-refractivity contribution in [2.75, 3.05) is 18.5 Å². The molecular weight excluding hydrogens is 438 g/mol. The molecule has 1 aromatic heterocycles. The number of rotatable bonds is 7. The Hall–Kier alpha value is -3.05. The van der Waals surface area contributed by atoms with E-state index in [-0.39, 0.29) is 12.5 Å². The summed E-state index contributed by atoms with van der Waals surface area (Å²) in [4.78, 5) is 16.9. The Bertz CT molecular complexity index is 1120. The number of anilines is 1. The summed E-state index contributed by atoms with van der Waals surface area (Å²) in [5.74, 6) is 1.65. The predicted octanol–water partition coefficient (Wildman–Crippen LogP) is 4.76. The number of benzene rings is 2. The van der Waals surface area contributed by atoms with E-state index in [1.807, 2.05) is 6.92 Å². The first-order valence-electron chi connectivity index (χ1n) is 9.27. The van der Waals surface area contributed by atoms with Crippen LogP contribution in [-0.4, -0.2) is 24.1 Å². The lowest BCUT2D eigenvalue weighted by Gasteiger charge is -2.14.